The molecule has 1 aliphatic heterocycles. The molecule has 1 fully saturated rings. The Morgan fingerprint density at radius 1 is 0.900 bits per heavy atom. The van der Waals surface area contributed by atoms with Crippen LogP contribution in [0.25, 0.3) is 0 Å². The number of carbonyl (C=O) groups excluding carboxylic acids is 2. The Morgan fingerprint density at radius 3 is 1.80 bits per heavy atom. The van der Waals surface area contributed by atoms with E-state index in [1.54, 1.807) is 4.90 Å². The third-order valence-corrected chi connectivity index (χ3v) is 7.00. The Balaban J connectivity index is 3.05. The number of hydrogen-bond donors (Lipinski definition) is 0. The smallest absolute Gasteiger partial charge is 0.410 e. The molecule has 0 N–H and O–H groups in total. The molecule has 0 aromatic carbocycles. The Labute approximate surface area is 185 Å². The minimum Gasteiger partial charge on any atom is -0.456 e. The summed E-state index contributed by atoms with van der Waals surface area (Å²) in [5.41, 5.74) is -1.90. The number of carbonyl (C=O) groups is 2. The summed E-state index contributed by atoms with van der Waals surface area (Å²) in [5.74, 6) is -0.188. The van der Waals surface area contributed by atoms with Gasteiger partial charge in [0.25, 0.3) is 0 Å². The number of likely N-dealkylation sites (tertiary alicyclic amines) is 1. The maximum Gasteiger partial charge on any atom is 0.410 e. The second kappa shape index (κ2) is 10.4. The molecule has 0 aromatic rings. The van der Waals surface area contributed by atoms with Crippen molar-refractivity contribution >= 4 is 12.1 Å². The first-order chi connectivity index (χ1) is 13.8. The Hall–Kier alpha value is -1.26. The lowest BCUT2D eigenvalue weighted by atomic mass is 9.75. The van der Waals surface area contributed by atoms with Crippen molar-refractivity contribution in [1.82, 2.24) is 4.90 Å². The molecule has 0 bridgehead atoms. The predicted octanol–water partition coefficient (Wildman–Crippen LogP) is 6.73. The van der Waals surface area contributed by atoms with E-state index in [9.17, 15) is 9.59 Å². The monoisotopic (exact) mass is 425 g/mol. The fourth-order valence-corrected chi connectivity index (χ4v) is 4.39. The molecular weight excluding hydrogens is 378 g/mol. The molecule has 1 aliphatic rings. The van der Waals surface area contributed by atoms with E-state index in [2.05, 4.69) is 41.5 Å². The summed E-state index contributed by atoms with van der Waals surface area (Å²) in [6.07, 6.45) is 6.72. The molecule has 176 valence electrons. The fraction of sp³-hybridized carbons (Fsp3) is 0.920. The molecule has 1 saturated heterocycles. The zero-order valence-corrected chi connectivity index (χ0v) is 21.2. The van der Waals surface area contributed by atoms with Crippen molar-refractivity contribution in [1.29, 1.82) is 0 Å². The van der Waals surface area contributed by atoms with Crippen molar-refractivity contribution in [2.75, 3.05) is 13.1 Å². The number of nitrogens with zero attached hydrogens (tertiary/aromatic N) is 1. The summed E-state index contributed by atoms with van der Waals surface area (Å²) in [4.78, 5) is 27.9. The van der Waals surface area contributed by atoms with E-state index in [-0.39, 0.29) is 23.1 Å². The van der Waals surface area contributed by atoms with Crippen LogP contribution >= 0.6 is 0 Å². The third kappa shape index (κ3) is 6.13. The summed E-state index contributed by atoms with van der Waals surface area (Å²) in [6.45, 7) is 19.5. The summed E-state index contributed by atoms with van der Waals surface area (Å²) in [6, 6.07) is 0. The molecule has 1 atom stereocenters. The van der Waals surface area contributed by atoms with Crippen LogP contribution in [0.15, 0.2) is 0 Å². The Kier molecular flexibility index (Phi) is 9.25. The summed E-state index contributed by atoms with van der Waals surface area (Å²) < 4.78 is 12.4. The molecule has 0 aliphatic carbocycles. The van der Waals surface area contributed by atoms with Crippen molar-refractivity contribution in [3.05, 3.63) is 0 Å². The Morgan fingerprint density at radius 2 is 1.40 bits per heavy atom. The molecule has 1 rings (SSSR count). The minimum atomic E-state index is -0.696. The van der Waals surface area contributed by atoms with Gasteiger partial charge in [-0.25, -0.2) is 4.79 Å². The first kappa shape index (κ1) is 26.8. The zero-order valence-electron chi connectivity index (χ0n) is 21.2. The lowest BCUT2D eigenvalue weighted by Gasteiger charge is -2.42. The lowest BCUT2D eigenvalue weighted by Crippen LogP contribution is -2.52. The maximum atomic E-state index is 13.2. The number of rotatable bonds is 10. The van der Waals surface area contributed by atoms with Crippen LogP contribution in [-0.2, 0) is 14.3 Å². The van der Waals surface area contributed by atoms with E-state index in [4.69, 9.17) is 9.47 Å². The van der Waals surface area contributed by atoms with Crippen LogP contribution in [0.1, 0.15) is 114 Å². The summed E-state index contributed by atoms with van der Waals surface area (Å²) in [7, 11) is 0. The van der Waals surface area contributed by atoms with E-state index in [1.807, 2.05) is 20.8 Å². The van der Waals surface area contributed by atoms with Gasteiger partial charge >= 0.3 is 12.1 Å². The highest BCUT2D eigenvalue weighted by molar-refractivity contribution is 5.76. The Bertz CT molecular complexity index is 561. The molecule has 30 heavy (non-hydrogen) atoms. The van der Waals surface area contributed by atoms with E-state index in [1.165, 1.54) is 0 Å². The molecule has 5 heteroatoms. The van der Waals surface area contributed by atoms with Crippen LogP contribution in [0.3, 0.4) is 0 Å². The van der Waals surface area contributed by atoms with Crippen molar-refractivity contribution in [2.24, 2.45) is 10.8 Å². The average molecular weight is 426 g/mol. The van der Waals surface area contributed by atoms with Gasteiger partial charge in [0.1, 0.15) is 11.2 Å². The van der Waals surface area contributed by atoms with Crippen LogP contribution in [0.4, 0.5) is 4.79 Å². The molecule has 0 saturated carbocycles. The fourth-order valence-electron chi connectivity index (χ4n) is 4.39. The molecule has 5 nitrogen and oxygen atoms in total. The molecular formula is C25H47NO4. The van der Waals surface area contributed by atoms with Crippen LogP contribution in [0, 0.1) is 10.8 Å². The highest BCUT2D eigenvalue weighted by atomic mass is 16.6. The average Bonchev–Trinajstić information content (AvgIpc) is 3.08. The quantitative estimate of drug-likeness (QED) is 0.364. The number of ether oxygens (including phenoxy) is 2. The molecule has 1 amide bonds. The minimum absolute atomic E-state index is 0.188. The van der Waals surface area contributed by atoms with Crippen LogP contribution in [0.2, 0.25) is 0 Å². The summed E-state index contributed by atoms with van der Waals surface area (Å²) in [5, 5.41) is 0. The second-order valence-corrected chi connectivity index (χ2v) is 10.8. The van der Waals surface area contributed by atoms with Gasteiger partial charge in [-0.15, -0.1) is 0 Å². The first-order valence-corrected chi connectivity index (χ1v) is 12.0. The van der Waals surface area contributed by atoms with Gasteiger partial charge < -0.3 is 14.4 Å². The van der Waals surface area contributed by atoms with Gasteiger partial charge in [-0.05, 0) is 39.5 Å². The topological polar surface area (TPSA) is 55.8 Å². The number of esters is 1. The van der Waals surface area contributed by atoms with Gasteiger partial charge in [-0.3, -0.25) is 4.79 Å². The number of amides is 1. The highest BCUT2D eigenvalue weighted by Crippen LogP contribution is 2.43. The van der Waals surface area contributed by atoms with Gasteiger partial charge in [0.2, 0.25) is 0 Å². The molecule has 0 spiro atoms. The zero-order chi connectivity index (χ0) is 23.2. The van der Waals surface area contributed by atoms with E-state index < -0.39 is 11.0 Å². The first-order valence-electron chi connectivity index (χ1n) is 12.0. The molecule has 1 heterocycles. The summed E-state index contributed by atoms with van der Waals surface area (Å²) >= 11 is 0. The molecule has 1 unspecified atom stereocenters. The lowest BCUT2D eigenvalue weighted by molar-refractivity contribution is -0.182. The molecule has 0 radical (unpaired) electrons. The normalized spacial score (nSPS) is 20.4. The van der Waals surface area contributed by atoms with Crippen LogP contribution in [0.5, 0.6) is 0 Å². The van der Waals surface area contributed by atoms with Crippen LogP contribution < -0.4 is 0 Å². The second-order valence-electron chi connectivity index (χ2n) is 10.8. The highest BCUT2D eigenvalue weighted by Gasteiger charge is 2.53. The van der Waals surface area contributed by atoms with Gasteiger partial charge in [0.15, 0.2) is 0 Å². The predicted molar refractivity (Wildman–Crippen MR) is 122 cm³/mol. The van der Waals surface area contributed by atoms with Crippen LogP contribution in [-0.4, -0.2) is 41.3 Å². The standard InChI is InChI=1S/C25H47NO4/c1-10-14-24(15-11-2,16-12-3)30-21(28)26-18-17-25(19-26,22(5,6)7)29-20(27)23(8,9)13-4/h10-19H2,1-9H3. The van der Waals surface area contributed by atoms with Crippen molar-refractivity contribution in [3.8, 4) is 0 Å². The van der Waals surface area contributed by atoms with Crippen molar-refractivity contribution in [2.45, 2.75) is 125 Å². The van der Waals surface area contributed by atoms with Crippen molar-refractivity contribution < 1.29 is 19.1 Å². The van der Waals surface area contributed by atoms with Gasteiger partial charge in [-0.2, -0.15) is 0 Å². The largest absolute Gasteiger partial charge is 0.456 e. The van der Waals surface area contributed by atoms with Crippen molar-refractivity contribution in [3.63, 3.8) is 0 Å². The van der Waals surface area contributed by atoms with Gasteiger partial charge in [0, 0.05) is 18.4 Å². The van der Waals surface area contributed by atoms with Gasteiger partial charge in [0.05, 0.1) is 12.0 Å². The maximum absolute atomic E-state index is 13.2. The van der Waals surface area contributed by atoms with E-state index >= 15 is 0 Å². The number of hydrogen-bond acceptors (Lipinski definition) is 4. The molecule has 0 aromatic heterocycles. The van der Waals surface area contributed by atoms with E-state index in [0.29, 0.717) is 25.9 Å². The SMILES string of the molecule is CCCC(CCC)(CCC)OC(=O)N1CCC(OC(=O)C(C)(C)CC)(C(C)(C)C)C1. The van der Waals surface area contributed by atoms with E-state index in [0.717, 1.165) is 38.5 Å². The van der Waals surface area contributed by atoms with Gasteiger partial charge in [-0.1, -0.05) is 67.7 Å². The third-order valence-electron chi connectivity index (χ3n) is 7.00.